The molecule has 0 bridgehead atoms. The summed E-state index contributed by atoms with van der Waals surface area (Å²) in [6, 6.07) is 5.16. The van der Waals surface area contributed by atoms with Crippen molar-refractivity contribution in [2.75, 3.05) is 36.0 Å². The van der Waals surface area contributed by atoms with Gasteiger partial charge in [-0.2, -0.15) is 18.3 Å². The van der Waals surface area contributed by atoms with E-state index in [1.807, 2.05) is 4.90 Å². The number of hydrogen-bond acceptors (Lipinski definition) is 5. The van der Waals surface area contributed by atoms with E-state index >= 15 is 0 Å². The molecule has 1 aliphatic rings. The van der Waals surface area contributed by atoms with Crippen molar-refractivity contribution >= 4 is 17.2 Å². The third-order valence-electron chi connectivity index (χ3n) is 3.93. The van der Waals surface area contributed by atoms with Crippen LogP contribution < -0.4 is 9.80 Å². The number of H-pyrrole nitrogens is 1. The Hall–Kier alpha value is -2.78. The lowest BCUT2D eigenvalue weighted by molar-refractivity contribution is -0.384. The minimum Gasteiger partial charge on any atom is -0.368 e. The topological polar surface area (TPSA) is 78.3 Å². The zero-order valence-electron chi connectivity index (χ0n) is 12.5. The van der Waals surface area contributed by atoms with Gasteiger partial charge in [0, 0.05) is 31.9 Å². The highest BCUT2D eigenvalue weighted by molar-refractivity contribution is 5.58. The van der Waals surface area contributed by atoms with Gasteiger partial charge in [-0.05, 0) is 18.2 Å². The molecule has 7 nitrogen and oxygen atoms in total. The monoisotopic (exact) mass is 341 g/mol. The van der Waals surface area contributed by atoms with Crippen LogP contribution in [0, 0.1) is 10.1 Å². The van der Waals surface area contributed by atoms with E-state index < -0.39 is 16.7 Å². The molecule has 0 amide bonds. The quantitative estimate of drug-likeness (QED) is 0.686. The van der Waals surface area contributed by atoms with Crippen LogP contribution in [0.3, 0.4) is 0 Å². The SMILES string of the molecule is O=[N+]([O-])c1cn[nH]c1N1CCN(c2cccc(C(F)(F)F)c2)CC1. The Labute approximate surface area is 134 Å². The van der Waals surface area contributed by atoms with E-state index in [4.69, 9.17) is 0 Å². The van der Waals surface area contributed by atoms with E-state index in [-0.39, 0.29) is 5.69 Å². The highest BCUT2D eigenvalue weighted by Crippen LogP contribution is 2.32. The molecule has 1 aliphatic heterocycles. The smallest absolute Gasteiger partial charge is 0.368 e. The Bertz CT molecular complexity index is 738. The molecule has 1 aromatic carbocycles. The Morgan fingerprint density at radius 3 is 2.46 bits per heavy atom. The maximum Gasteiger partial charge on any atom is 0.416 e. The predicted molar refractivity (Wildman–Crippen MR) is 81.1 cm³/mol. The van der Waals surface area contributed by atoms with Gasteiger partial charge < -0.3 is 9.80 Å². The number of nitrogens with zero attached hydrogens (tertiary/aromatic N) is 4. The molecular formula is C14H14F3N5O2. The number of anilines is 2. The molecule has 0 unspecified atom stereocenters. The summed E-state index contributed by atoms with van der Waals surface area (Å²) in [5, 5.41) is 17.2. The lowest BCUT2D eigenvalue weighted by Gasteiger charge is -2.36. The van der Waals surface area contributed by atoms with Crippen LogP contribution in [0.4, 0.5) is 30.4 Å². The molecule has 1 aromatic heterocycles. The Morgan fingerprint density at radius 2 is 1.83 bits per heavy atom. The molecule has 128 valence electrons. The van der Waals surface area contributed by atoms with Crippen molar-refractivity contribution < 1.29 is 18.1 Å². The minimum absolute atomic E-state index is 0.109. The van der Waals surface area contributed by atoms with E-state index in [0.29, 0.717) is 37.7 Å². The van der Waals surface area contributed by atoms with Crippen LogP contribution in [0.25, 0.3) is 0 Å². The van der Waals surface area contributed by atoms with E-state index in [1.165, 1.54) is 6.07 Å². The summed E-state index contributed by atoms with van der Waals surface area (Å²) in [7, 11) is 0. The van der Waals surface area contributed by atoms with Crippen LogP contribution in [0.2, 0.25) is 0 Å². The molecule has 2 aromatic rings. The fourth-order valence-corrected chi connectivity index (χ4v) is 2.71. The summed E-state index contributed by atoms with van der Waals surface area (Å²) >= 11 is 0. The number of piperazine rings is 1. The van der Waals surface area contributed by atoms with Crippen molar-refractivity contribution in [3.05, 3.63) is 46.1 Å². The normalized spacial score (nSPS) is 15.6. The first-order valence-electron chi connectivity index (χ1n) is 7.21. The van der Waals surface area contributed by atoms with Crippen molar-refractivity contribution in [1.82, 2.24) is 10.2 Å². The Kier molecular flexibility index (Phi) is 4.04. The highest BCUT2D eigenvalue weighted by atomic mass is 19.4. The fourth-order valence-electron chi connectivity index (χ4n) is 2.71. The summed E-state index contributed by atoms with van der Waals surface area (Å²) in [6.07, 6.45) is -3.23. The average Bonchev–Trinajstić information content (AvgIpc) is 3.04. The third kappa shape index (κ3) is 3.12. The molecule has 0 aliphatic carbocycles. The number of hydrogen-bond donors (Lipinski definition) is 1. The second-order valence-electron chi connectivity index (χ2n) is 5.38. The van der Waals surface area contributed by atoms with Crippen LogP contribution >= 0.6 is 0 Å². The van der Waals surface area contributed by atoms with Gasteiger partial charge in [0.2, 0.25) is 5.82 Å². The number of benzene rings is 1. The lowest BCUT2D eigenvalue weighted by atomic mass is 10.1. The van der Waals surface area contributed by atoms with Crippen LogP contribution in [0.1, 0.15) is 5.56 Å². The first kappa shape index (κ1) is 16.1. The van der Waals surface area contributed by atoms with Gasteiger partial charge in [-0.25, -0.2) is 0 Å². The molecule has 2 heterocycles. The highest BCUT2D eigenvalue weighted by Gasteiger charge is 2.31. The van der Waals surface area contributed by atoms with Crippen LogP contribution in [0.15, 0.2) is 30.5 Å². The number of nitro groups is 1. The van der Waals surface area contributed by atoms with Crippen molar-refractivity contribution in [3.63, 3.8) is 0 Å². The summed E-state index contributed by atoms with van der Waals surface area (Å²) in [4.78, 5) is 14.0. The van der Waals surface area contributed by atoms with Gasteiger partial charge in [0.25, 0.3) is 0 Å². The maximum atomic E-state index is 12.8. The number of rotatable bonds is 3. The molecular weight excluding hydrogens is 327 g/mol. The first-order chi connectivity index (χ1) is 11.4. The largest absolute Gasteiger partial charge is 0.416 e. The van der Waals surface area contributed by atoms with Crippen molar-refractivity contribution in [2.45, 2.75) is 6.18 Å². The van der Waals surface area contributed by atoms with Gasteiger partial charge >= 0.3 is 11.9 Å². The Morgan fingerprint density at radius 1 is 1.17 bits per heavy atom. The van der Waals surface area contributed by atoms with Gasteiger partial charge in [-0.15, -0.1) is 0 Å². The van der Waals surface area contributed by atoms with Crippen LogP contribution in [0.5, 0.6) is 0 Å². The second kappa shape index (κ2) is 6.02. The van der Waals surface area contributed by atoms with Gasteiger partial charge in [-0.3, -0.25) is 15.2 Å². The molecule has 1 N–H and O–H groups in total. The zero-order valence-corrected chi connectivity index (χ0v) is 12.5. The lowest BCUT2D eigenvalue weighted by Crippen LogP contribution is -2.46. The van der Waals surface area contributed by atoms with E-state index in [9.17, 15) is 23.3 Å². The predicted octanol–water partition coefficient (Wildman–Crippen LogP) is 2.66. The molecule has 3 rings (SSSR count). The molecule has 24 heavy (non-hydrogen) atoms. The average molecular weight is 341 g/mol. The van der Waals surface area contributed by atoms with Crippen molar-refractivity contribution in [2.24, 2.45) is 0 Å². The standard InChI is InChI=1S/C14H14F3N5O2/c15-14(16,17)10-2-1-3-11(8-10)20-4-6-21(7-5-20)13-12(22(23)24)9-18-19-13/h1-3,8-9H,4-7H2,(H,18,19). The molecule has 0 saturated carbocycles. The van der Waals surface area contributed by atoms with Crippen LogP contribution in [-0.4, -0.2) is 41.3 Å². The molecule has 10 heteroatoms. The van der Waals surface area contributed by atoms with Gasteiger partial charge in [0.05, 0.1) is 10.5 Å². The molecule has 0 spiro atoms. The summed E-state index contributed by atoms with van der Waals surface area (Å²) < 4.78 is 38.4. The number of alkyl halides is 3. The summed E-state index contributed by atoms with van der Waals surface area (Å²) in [5.74, 6) is 0.323. The summed E-state index contributed by atoms with van der Waals surface area (Å²) in [5.41, 5.74) is -0.308. The van der Waals surface area contributed by atoms with Gasteiger partial charge in [-0.1, -0.05) is 6.07 Å². The van der Waals surface area contributed by atoms with Crippen molar-refractivity contribution in [1.29, 1.82) is 0 Å². The molecule has 0 atom stereocenters. The van der Waals surface area contributed by atoms with E-state index in [1.54, 1.807) is 11.0 Å². The minimum atomic E-state index is -4.38. The molecule has 0 radical (unpaired) electrons. The fraction of sp³-hybridized carbons (Fsp3) is 0.357. The number of halogens is 3. The molecule has 1 fully saturated rings. The van der Waals surface area contributed by atoms with Crippen molar-refractivity contribution in [3.8, 4) is 0 Å². The van der Waals surface area contributed by atoms with Crippen LogP contribution in [-0.2, 0) is 6.18 Å². The molecule has 1 saturated heterocycles. The van der Waals surface area contributed by atoms with E-state index in [2.05, 4.69) is 10.2 Å². The van der Waals surface area contributed by atoms with Gasteiger partial charge in [0.1, 0.15) is 6.20 Å². The van der Waals surface area contributed by atoms with E-state index in [0.717, 1.165) is 18.3 Å². The Balaban J connectivity index is 1.71. The zero-order chi connectivity index (χ0) is 17.3. The third-order valence-corrected chi connectivity index (χ3v) is 3.93. The maximum absolute atomic E-state index is 12.8. The number of aromatic amines is 1. The van der Waals surface area contributed by atoms with Gasteiger partial charge in [0.15, 0.2) is 0 Å². The number of aromatic nitrogens is 2. The second-order valence-corrected chi connectivity index (χ2v) is 5.38. The number of nitrogens with one attached hydrogen (secondary N) is 1. The summed E-state index contributed by atoms with van der Waals surface area (Å²) in [6.45, 7) is 1.80. The first-order valence-corrected chi connectivity index (χ1v) is 7.21.